The first-order chi connectivity index (χ1) is 19.2. The second-order valence-corrected chi connectivity index (χ2v) is 16.9. The summed E-state index contributed by atoms with van der Waals surface area (Å²) in [4.78, 5) is 27.2. The molecule has 6 aliphatic carbocycles. The molecule has 0 aliphatic heterocycles. The number of carbonyl (C=O) groups excluding carboxylic acids is 2. The lowest BCUT2D eigenvalue weighted by Gasteiger charge is -2.72. The molecule has 6 aliphatic rings. The molecular formula is C36H57NO4. The van der Waals surface area contributed by atoms with E-state index in [4.69, 9.17) is 4.74 Å². The molecule has 5 saturated carbocycles. The summed E-state index contributed by atoms with van der Waals surface area (Å²) in [5.74, 6) is 1.84. The number of aliphatic hydroxyl groups is 1. The lowest BCUT2D eigenvalue weighted by molar-refractivity contribution is -0.226. The fraction of sp³-hybridized carbons (Fsp3) is 0.889. The Hall–Kier alpha value is -1.36. The Morgan fingerprint density at radius 1 is 0.854 bits per heavy atom. The Balaban J connectivity index is 1.35. The number of amides is 1. The molecular weight excluding hydrogens is 510 g/mol. The Morgan fingerprint density at radius 3 is 2.24 bits per heavy atom. The number of rotatable bonds is 3. The minimum Gasteiger partial charge on any atom is -0.446 e. The summed E-state index contributed by atoms with van der Waals surface area (Å²) in [6.07, 6.45) is 13.7. The van der Waals surface area contributed by atoms with Crippen molar-refractivity contribution in [1.82, 2.24) is 5.32 Å². The molecule has 8 atom stereocenters. The molecule has 0 spiro atoms. The van der Waals surface area contributed by atoms with Crippen LogP contribution in [0.5, 0.6) is 0 Å². The Labute approximate surface area is 249 Å². The maximum atomic E-state index is 13.8. The van der Waals surface area contributed by atoms with Gasteiger partial charge >= 0.3 is 6.09 Å². The van der Waals surface area contributed by atoms with E-state index in [1.165, 1.54) is 31.3 Å². The van der Waals surface area contributed by atoms with Crippen LogP contribution >= 0.6 is 0 Å². The number of allylic oxidation sites excluding steroid dienone is 1. The summed E-state index contributed by atoms with van der Waals surface area (Å²) in [6, 6.07) is 0. The molecule has 0 saturated heterocycles. The molecule has 230 valence electrons. The lowest BCUT2D eigenvalue weighted by atomic mass is 9.33. The normalized spacial score (nSPS) is 45.9. The van der Waals surface area contributed by atoms with Gasteiger partial charge in [-0.3, -0.25) is 4.79 Å². The van der Waals surface area contributed by atoms with E-state index in [9.17, 15) is 14.7 Å². The van der Waals surface area contributed by atoms with E-state index in [0.717, 1.165) is 63.4 Å². The van der Waals surface area contributed by atoms with Gasteiger partial charge in [-0.2, -0.15) is 0 Å². The zero-order valence-electron chi connectivity index (χ0n) is 27.0. The van der Waals surface area contributed by atoms with Gasteiger partial charge in [0, 0.05) is 6.42 Å². The highest BCUT2D eigenvalue weighted by molar-refractivity contribution is 6.02. The number of ketones is 1. The van der Waals surface area contributed by atoms with Gasteiger partial charge in [-0.15, -0.1) is 0 Å². The highest BCUT2D eigenvalue weighted by Crippen LogP contribution is 2.75. The van der Waals surface area contributed by atoms with Gasteiger partial charge in [-0.05, 0) is 134 Å². The van der Waals surface area contributed by atoms with E-state index in [-0.39, 0.29) is 51.7 Å². The van der Waals surface area contributed by atoms with Crippen molar-refractivity contribution in [2.24, 2.45) is 45.3 Å². The van der Waals surface area contributed by atoms with E-state index in [2.05, 4.69) is 53.8 Å². The van der Waals surface area contributed by atoms with Gasteiger partial charge in [0.1, 0.15) is 6.10 Å². The van der Waals surface area contributed by atoms with E-state index in [0.29, 0.717) is 24.2 Å². The third-order valence-corrected chi connectivity index (χ3v) is 14.6. The van der Waals surface area contributed by atoms with Crippen LogP contribution in [0.2, 0.25) is 0 Å². The number of hydrogen-bond donors (Lipinski definition) is 2. The van der Waals surface area contributed by atoms with Crippen molar-refractivity contribution in [2.75, 3.05) is 0 Å². The average Bonchev–Trinajstić information content (AvgIpc) is 3.19. The van der Waals surface area contributed by atoms with Gasteiger partial charge in [0.15, 0.2) is 5.78 Å². The van der Waals surface area contributed by atoms with Gasteiger partial charge < -0.3 is 15.2 Å². The second kappa shape index (κ2) is 9.83. The first-order valence-electron chi connectivity index (χ1n) is 17.1. The first-order valence-corrected chi connectivity index (χ1v) is 17.1. The fourth-order valence-corrected chi connectivity index (χ4v) is 12.3. The number of alkyl carbamates (subject to hydrolysis) is 1. The van der Waals surface area contributed by atoms with Gasteiger partial charge in [0.25, 0.3) is 0 Å². The van der Waals surface area contributed by atoms with Crippen LogP contribution in [0.1, 0.15) is 138 Å². The number of carbonyl (C=O) groups is 2. The maximum absolute atomic E-state index is 13.8. The molecule has 5 nitrogen and oxygen atoms in total. The van der Waals surface area contributed by atoms with Crippen molar-refractivity contribution in [3.05, 3.63) is 11.1 Å². The summed E-state index contributed by atoms with van der Waals surface area (Å²) >= 11 is 0. The van der Waals surface area contributed by atoms with Crippen LogP contribution in [-0.2, 0) is 9.53 Å². The van der Waals surface area contributed by atoms with Crippen molar-refractivity contribution in [3.8, 4) is 0 Å². The predicted octanol–water partition coefficient (Wildman–Crippen LogP) is 8.14. The zero-order valence-corrected chi connectivity index (χ0v) is 27.0. The summed E-state index contributed by atoms with van der Waals surface area (Å²) in [6.45, 7) is 16.7. The van der Waals surface area contributed by atoms with E-state index in [1.807, 2.05) is 0 Å². The van der Waals surface area contributed by atoms with Crippen LogP contribution in [0, 0.1) is 45.3 Å². The van der Waals surface area contributed by atoms with Crippen molar-refractivity contribution >= 4 is 11.9 Å². The third-order valence-electron chi connectivity index (χ3n) is 14.6. The molecule has 1 amide bonds. The molecule has 5 heteroatoms. The quantitative estimate of drug-likeness (QED) is 0.361. The molecule has 4 unspecified atom stereocenters. The third kappa shape index (κ3) is 4.16. The standard InChI is InChI=1S/C36H57NO4/c1-22(2)29-25(38)21-36(37-31(40)41-23-11-9-8-10-12-23)20-19-34(6)24(30(29)36)13-14-27-33(5)17-16-28(39)32(3,4)26(33)15-18-35(27,34)7/h22-24,26-28,39H,8-21H2,1-7H3,(H,37,40)/t24?,26?,27?,28-,33-,34+,35?,36+/m0/s1. The van der Waals surface area contributed by atoms with Crippen LogP contribution in [0.25, 0.3) is 0 Å². The number of fused-ring (bicyclic) bond motifs is 7. The van der Waals surface area contributed by atoms with Gasteiger partial charge in [0.2, 0.25) is 0 Å². The van der Waals surface area contributed by atoms with E-state index >= 15 is 0 Å². The Kier molecular flexibility index (Phi) is 7.12. The van der Waals surface area contributed by atoms with Gasteiger partial charge in [-0.25, -0.2) is 4.79 Å². The number of ether oxygens (including phenoxy) is 1. The molecule has 0 bridgehead atoms. The van der Waals surface area contributed by atoms with E-state index < -0.39 is 5.54 Å². The topological polar surface area (TPSA) is 75.6 Å². The Morgan fingerprint density at radius 2 is 1.56 bits per heavy atom. The van der Waals surface area contributed by atoms with Crippen LogP contribution < -0.4 is 5.32 Å². The minimum absolute atomic E-state index is 0.00616. The molecule has 2 N–H and O–H groups in total. The summed E-state index contributed by atoms with van der Waals surface area (Å²) in [7, 11) is 0. The minimum atomic E-state index is -0.589. The number of nitrogens with one attached hydrogen (secondary N) is 1. The number of Topliss-reactive ketones (excluding diaryl/α,β-unsaturated/α-hetero) is 1. The van der Waals surface area contributed by atoms with Crippen molar-refractivity contribution in [3.63, 3.8) is 0 Å². The molecule has 41 heavy (non-hydrogen) atoms. The molecule has 6 rings (SSSR count). The van der Waals surface area contributed by atoms with Gasteiger partial charge in [0.05, 0.1) is 11.6 Å². The van der Waals surface area contributed by atoms with Crippen molar-refractivity contribution in [2.45, 2.75) is 156 Å². The largest absolute Gasteiger partial charge is 0.446 e. The number of aliphatic hydroxyl groups excluding tert-OH is 1. The summed E-state index contributed by atoms with van der Waals surface area (Å²) < 4.78 is 5.99. The predicted molar refractivity (Wildman–Crippen MR) is 162 cm³/mol. The molecule has 0 radical (unpaired) electrons. The van der Waals surface area contributed by atoms with Crippen LogP contribution in [-0.4, -0.2) is 34.7 Å². The SMILES string of the molecule is CC(C)C1=C2C3CCC4C(C)(CCC5C(C)(C)[C@@H](O)CC[C@@]54C)[C@]3(C)CC[C@@]2(NC(=O)OC2CCCCC2)CC1=O. The van der Waals surface area contributed by atoms with Crippen LogP contribution in [0.4, 0.5) is 4.79 Å². The maximum Gasteiger partial charge on any atom is 0.408 e. The number of hydrogen-bond acceptors (Lipinski definition) is 4. The smallest absolute Gasteiger partial charge is 0.408 e. The van der Waals surface area contributed by atoms with Gasteiger partial charge in [-0.1, -0.05) is 54.9 Å². The zero-order chi connectivity index (χ0) is 29.6. The highest BCUT2D eigenvalue weighted by Gasteiger charge is 2.70. The van der Waals surface area contributed by atoms with E-state index in [1.54, 1.807) is 0 Å². The average molecular weight is 568 g/mol. The summed E-state index contributed by atoms with van der Waals surface area (Å²) in [5, 5.41) is 14.4. The first kappa shape index (κ1) is 29.7. The fourth-order valence-electron chi connectivity index (χ4n) is 12.3. The lowest BCUT2D eigenvalue weighted by Crippen LogP contribution is -2.67. The van der Waals surface area contributed by atoms with Crippen LogP contribution in [0.3, 0.4) is 0 Å². The molecule has 0 aromatic rings. The molecule has 0 aromatic heterocycles. The second-order valence-electron chi connectivity index (χ2n) is 16.9. The Bertz CT molecular complexity index is 1120. The van der Waals surface area contributed by atoms with Crippen molar-refractivity contribution < 1.29 is 19.4 Å². The molecule has 0 aromatic carbocycles. The highest BCUT2D eigenvalue weighted by atomic mass is 16.6. The monoisotopic (exact) mass is 567 g/mol. The molecule has 5 fully saturated rings. The molecule has 0 heterocycles. The van der Waals surface area contributed by atoms with Crippen molar-refractivity contribution in [1.29, 1.82) is 0 Å². The van der Waals surface area contributed by atoms with Crippen LogP contribution in [0.15, 0.2) is 11.1 Å². The summed E-state index contributed by atoms with van der Waals surface area (Å²) in [5.41, 5.74) is 2.09.